The molecule has 24 heavy (non-hydrogen) atoms. The highest BCUT2D eigenvalue weighted by atomic mass is 32.2. The van der Waals surface area contributed by atoms with Crippen molar-refractivity contribution in [1.29, 1.82) is 0 Å². The molecule has 2 rings (SSSR count). The molecule has 1 atom stereocenters. The fourth-order valence-electron chi connectivity index (χ4n) is 2.47. The zero-order valence-electron chi connectivity index (χ0n) is 14.0. The first-order valence-corrected chi connectivity index (χ1v) is 9.63. The average molecular weight is 346 g/mol. The molecule has 0 aliphatic carbocycles. The number of aryl methyl sites for hydroxylation is 1. The van der Waals surface area contributed by atoms with Gasteiger partial charge in [-0.3, -0.25) is 9.52 Å². The maximum Gasteiger partial charge on any atom is 0.251 e. The first-order valence-electron chi connectivity index (χ1n) is 7.74. The summed E-state index contributed by atoms with van der Waals surface area (Å²) in [5.41, 5.74) is 2.73. The molecular formula is C18H22N2O3S. The van der Waals surface area contributed by atoms with Crippen LogP contribution in [-0.4, -0.2) is 20.6 Å². The van der Waals surface area contributed by atoms with E-state index >= 15 is 0 Å². The van der Waals surface area contributed by atoms with Crippen molar-refractivity contribution in [1.82, 2.24) is 5.32 Å². The van der Waals surface area contributed by atoms with E-state index in [-0.39, 0.29) is 11.9 Å². The summed E-state index contributed by atoms with van der Waals surface area (Å²) in [6.07, 6.45) is 1.88. The Hall–Kier alpha value is -2.34. The smallest absolute Gasteiger partial charge is 0.251 e. The number of benzene rings is 2. The monoisotopic (exact) mass is 346 g/mol. The van der Waals surface area contributed by atoms with Gasteiger partial charge in [-0.05, 0) is 42.7 Å². The Morgan fingerprint density at radius 1 is 1.12 bits per heavy atom. The fraction of sp³-hybridized carbons (Fsp3) is 0.278. The molecule has 2 aromatic rings. The molecule has 2 N–H and O–H groups in total. The Morgan fingerprint density at radius 3 is 2.33 bits per heavy atom. The largest absolute Gasteiger partial charge is 0.345 e. The van der Waals surface area contributed by atoms with Gasteiger partial charge in [0.25, 0.3) is 5.91 Å². The van der Waals surface area contributed by atoms with Crippen molar-refractivity contribution in [3.63, 3.8) is 0 Å². The van der Waals surface area contributed by atoms with E-state index in [2.05, 4.69) is 10.0 Å². The van der Waals surface area contributed by atoms with Crippen LogP contribution in [0.1, 0.15) is 40.9 Å². The molecule has 0 radical (unpaired) electrons. The first-order chi connectivity index (χ1) is 11.3. The number of carbonyl (C=O) groups is 1. The average Bonchev–Trinajstić information content (AvgIpc) is 2.54. The van der Waals surface area contributed by atoms with Crippen molar-refractivity contribution in [2.75, 3.05) is 11.0 Å². The molecule has 0 fully saturated rings. The topological polar surface area (TPSA) is 75.3 Å². The van der Waals surface area contributed by atoms with Crippen molar-refractivity contribution in [2.45, 2.75) is 26.3 Å². The summed E-state index contributed by atoms with van der Waals surface area (Å²) in [7, 11) is -3.34. The normalized spacial score (nSPS) is 12.5. The number of rotatable bonds is 6. The second-order valence-corrected chi connectivity index (χ2v) is 7.50. The van der Waals surface area contributed by atoms with E-state index in [1.54, 1.807) is 25.1 Å². The van der Waals surface area contributed by atoms with Crippen LogP contribution < -0.4 is 10.0 Å². The Morgan fingerprint density at radius 2 is 1.79 bits per heavy atom. The summed E-state index contributed by atoms with van der Waals surface area (Å²) >= 11 is 0. The van der Waals surface area contributed by atoms with E-state index in [1.807, 2.05) is 37.3 Å². The summed E-state index contributed by atoms with van der Waals surface area (Å²) in [6, 6.07) is 14.6. The van der Waals surface area contributed by atoms with E-state index in [4.69, 9.17) is 0 Å². The Balaban J connectivity index is 2.16. The van der Waals surface area contributed by atoms with Crippen LogP contribution in [0.4, 0.5) is 5.69 Å². The molecule has 0 saturated carbocycles. The lowest BCUT2D eigenvalue weighted by molar-refractivity contribution is 0.0935. The van der Waals surface area contributed by atoms with Gasteiger partial charge in [-0.2, -0.15) is 0 Å². The van der Waals surface area contributed by atoms with Gasteiger partial charge in [-0.25, -0.2) is 8.42 Å². The van der Waals surface area contributed by atoms with Crippen LogP contribution in [-0.2, 0) is 10.0 Å². The third-order valence-corrected chi connectivity index (χ3v) is 4.29. The number of nitrogens with one attached hydrogen (secondary N) is 2. The first kappa shape index (κ1) is 18.0. The molecule has 2 aromatic carbocycles. The molecule has 1 unspecified atom stereocenters. The number of amides is 1. The lowest BCUT2D eigenvalue weighted by atomic mass is 10.0. The minimum atomic E-state index is -3.34. The third kappa shape index (κ3) is 4.83. The van der Waals surface area contributed by atoms with Crippen LogP contribution >= 0.6 is 0 Å². The van der Waals surface area contributed by atoms with Gasteiger partial charge in [-0.15, -0.1) is 0 Å². The van der Waals surface area contributed by atoms with Gasteiger partial charge < -0.3 is 5.32 Å². The van der Waals surface area contributed by atoms with Crippen LogP contribution in [0, 0.1) is 6.92 Å². The standard InChI is InChI=1S/C18H22N2O3S/c1-4-16(14-8-6-5-7-9-14)19-18(21)15-10-11-17(13(2)12-15)20-24(3,22)23/h5-12,16,20H,4H2,1-3H3,(H,19,21). The summed E-state index contributed by atoms with van der Waals surface area (Å²) in [4.78, 5) is 12.5. The number of anilines is 1. The van der Waals surface area contributed by atoms with Crippen LogP contribution in [0.15, 0.2) is 48.5 Å². The van der Waals surface area contributed by atoms with Gasteiger partial charge in [0.15, 0.2) is 0 Å². The van der Waals surface area contributed by atoms with Crippen LogP contribution in [0.3, 0.4) is 0 Å². The molecule has 0 aliphatic heterocycles. The summed E-state index contributed by atoms with van der Waals surface area (Å²) in [5, 5.41) is 3.02. The maximum absolute atomic E-state index is 12.5. The SMILES string of the molecule is CCC(NC(=O)c1ccc(NS(C)(=O)=O)c(C)c1)c1ccccc1. The van der Waals surface area contributed by atoms with Crippen molar-refractivity contribution < 1.29 is 13.2 Å². The van der Waals surface area contributed by atoms with Gasteiger partial charge in [0.2, 0.25) is 10.0 Å². The van der Waals surface area contributed by atoms with Crippen LogP contribution in [0.2, 0.25) is 0 Å². The van der Waals surface area contributed by atoms with Crippen molar-refractivity contribution >= 4 is 21.6 Å². The Bertz CT molecular complexity index is 817. The van der Waals surface area contributed by atoms with Crippen molar-refractivity contribution in [2.24, 2.45) is 0 Å². The molecule has 6 heteroatoms. The molecule has 0 heterocycles. The molecule has 0 aliphatic rings. The van der Waals surface area contributed by atoms with Gasteiger partial charge in [0.1, 0.15) is 0 Å². The van der Waals surface area contributed by atoms with Crippen molar-refractivity contribution in [3.8, 4) is 0 Å². The zero-order valence-corrected chi connectivity index (χ0v) is 14.9. The highest BCUT2D eigenvalue weighted by Gasteiger charge is 2.15. The van der Waals surface area contributed by atoms with E-state index < -0.39 is 10.0 Å². The summed E-state index contributed by atoms with van der Waals surface area (Å²) in [5.74, 6) is -0.181. The second-order valence-electron chi connectivity index (χ2n) is 5.75. The fourth-order valence-corrected chi connectivity index (χ4v) is 3.10. The molecule has 0 aromatic heterocycles. The Labute approximate surface area is 143 Å². The summed E-state index contributed by atoms with van der Waals surface area (Å²) < 4.78 is 25.1. The predicted octanol–water partition coefficient (Wildman–Crippen LogP) is 3.25. The number of hydrogen-bond donors (Lipinski definition) is 2. The van der Waals surface area contributed by atoms with Gasteiger partial charge >= 0.3 is 0 Å². The quantitative estimate of drug-likeness (QED) is 0.843. The molecule has 0 spiro atoms. The number of carbonyl (C=O) groups excluding carboxylic acids is 1. The molecule has 128 valence electrons. The van der Waals surface area contributed by atoms with Gasteiger partial charge in [0, 0.05) is 5.56 Å². The van der Waals surface area contributed by atoms with E-state index in [0.717, 1.165) is 18.2 Å². The predicted molar refractivity (Wildman–Crippen MR) is 96.6 cm³/mol. The third-order valence-electron chi connectivity index (χ3n) is 3.70. The van der Waals surface area contributed by atoms with Crippen LogP contribution in [0.5, 0.6) is 0 Å². The molecule has 1 amide bonds. The van der Waals surface area contributed by atoms with Gasteiger partial charge in [0.05, 0.1) is 18.0 Å². The minimum Gasteiger partial charge on any atom is -0.345 e. The Kier molecular flexibility index (Phi) is 5.62. The van der Waals surface area contributed by atoms with E-state index in [0.29, 0.717) is 16.8 Å². The number of sulfonamides is 1. The maximum atomic E-state index is 12.5. The highest BCUT2D eigenvalue weighted by molar-refractivity contribution is 7.92. The second kappa shape index (κ2) is 7.49. The molecular weight excluding hydrogens is 324 g/mol. The highest BCUT2D eigenvalue weighted by Crippen LogP contribution is 2.20. The molecule has 0 bridgehead atoms. The lowest BCUT2D eigenvalue weighted by Gasteiger charge is -2.18. The van der Waals surface area contributed by atoms with E-state index in [9.17, 15) is 13.2 Å². The minimum absolute atomic E-state index is 0.0622. The van der Waals surface area contributed by atoms with Gasteiger partial charge in [-0.1, -0.05) is 37.3 Å². The van der Waals surface area contributed by atoms with Crippen LogP contribution in [0.25, 0.3) is 0 Å². The zero-order chi connectivity index (χ0) is 17.7. The molecule has 5 nitrogen and oxygen atoms in total. The van der Waals surface area contributed by atoms with Crippen molar-refractivity contribution in [3.05, 3.63) is 65.2 Å². The molecule has 0 saturated heterocycles. The number of hydrogen-bond acceptors (Lipinski definition) is 3. The summed E-state index contributed by atoms with van der Waals surface area (Å²) in [6.45, 7) is 3.78. The van der Waals surface area contributed by atoms with E-state index in [1.165, 1.54) is 0 Å². The lowest BCUT2D eigenvalue weighted by Crippen LogP contribution is -2.28.